The van der Waals surface area contributed by atoms with E-state index in [1.165, 1.54) is 0 Å². The van der Waals surface area contributed by atoms with Gasteiger partial charge in [0.2, 0.25) is 0 Å². The van der Waals surface area contributed by atoms with E-state index in [0.29, 0.717) is 17.2 Å². The van der Waals surface area contributed by atoms with Crippen LogP contribution in [0, 0.1) is 5.92 Å². The number of halogens is 3. The normalized spacial score (nSPS) is 23.4. The maximum absolute atomic E-state index is 13.2. The van der Waals surface area contributed by atoms with Gasteiger partial charge in [-0.2, -0.15) is 13.2 Å². The predicted octanol–water partition coefficient (Wildman–Crippen LogP) is 3.41. The van der Waals surface area contributed by atoms with Gasteiger partial charge in [-0.05, 0) is 25.0 Å². The first kappa shape index (κ1) is 18.4. The number of anilines is 1. The number of hydrogen-bond acceptors (Lipinski definition) is 5. The van der Waals surface area contributed by atoms with Crippen LogP contribution in [0.15, 0.2) is 36.8 Å². The lowest BCUT2D eigenvalue weighted by Crippen LogP contribution is -2.38. The SMILES string of the molecule is CC1(c2cn3c(-c4cccc(N[C@H]5CNC[C@@H]5C(F)(F)F)n4)cnc3cn2)CC1. The third-order valence-electron chi connectivity index (χ3n) is 5.99. The second-order valence-electron chi connectivity index (χ2n) is 8.17. The maximum atomic E-state index is 13.2. The van der Waals surface area contributed by atoms with Crippen LogP contribution in [0.5, 0.6) is 0 Å². The summed E-state index contributed by atoms with van der Waals surface area (Å²) in [6.07, 6.45) is 3.45. The van der Waals surface area contributed by atoms with E-state index in [0.717, 1.165) is 24.2 Å². The highest BCUT2D eigenvalue weighted by molar-refractivity contribution is 5.62. The van der Waals surface area contributed by atoms with E-state index in [-0.39, 0.29) is 18.5 Å². The average Bonchev–Trinajstić information content (AvgIpc) is 3.09. The van der Waals surface area contributed by atoms with Crippen molar-refractivity contribution < 1.29 is 13.2 Å². The predicted molar refractivity (Wildman–Crippen MR) is 103 cm³/mol. The lowest BCUT2D eigenvalue weighted by Gasteiger charge is -2.22. The summed E-state index contributed by atoms with van der Waals surface area (Å²) in [6.45, 7) is 2.36. The molecule has 2 atom stereocenters. The zero-order valence-corrected chi connectivity index (χ0v) is 15.9. The Balaban J connectivity index is 1.46. The lowest BCUT2D eigenvalue weighted by molar-refractivity contribution is -0.170. The first-order chi connectivity index (χ1) is 13.8. The minimum Gasteiger partial charge on any atom is -0.365 e. The Kier molecular flexibility index (Phi) is 4.06. The van der Waals surface area contributed by atoms with Crippen molar-refractivity contribution >= 4 is 11.5 Å². The van der Waals surface area contributed by atoms with Gasteiger partial charge in [-0.15, -0.1) is 0 Å². The van der Waals surface area contributed by atoms with Crippen LogP contribution in [0.3, 0.4) is 0 Å². The van der Waals surface area contributed by atoms with Crippen LogP contribution in [0.25, 0.3) is 17.0 Å². The van der Waals surface area contributed by atoms with Crippen LogP contribution in [0.4, 0.5) is 19.0 Å². The summed E-state index contributed by atoms with van der Waals surface area (Å²) in [4.78, 5) is 13.5. The maximum Gasteiger partial charge on any atom is 0.395 e. The Morgan fingerprint density at radius 1 is 1.17 bits per heavy atom. The van der Waals surface area contributed by atoms with Gasteiger partial charge in [-0.25, -0.2) is 9.97 Å². The molecule has 2 aliphatic rings. The van der Waals surface area contributed by atoms with E-state index in [1.807, 2.05) is 16.7 Å². The largest absolute Gasteiger partial charge is 0.395 e. The Morgan fingerprint density at radius 3 is 2.76 bits per heavy atom. The summed E-state index contributed by atoms with van der Waals surface area (Å²) in [7, 11) is 0. The van der Waals surface area contributed by atoms with Gasteiger partial charge in [0.15, 0.2) is 5.65 Å². The number of aromatic nitrogens is 4. The fourth-order valence-corrected chi connectivity index (χ4v) is 3.86. The third kappa shape index (κ3) is 3.33. The fraction of sp³-hybridized carbons (Fsp3) is 0.450. The fourth-order valence-electron chi connectivity index (χ4n) is 3.86. The summed E-state index contributed by atoms with van der Waals surface area (Å²) in [5.74, 6) is -1.01. The van der Waals surface area contributed by atoms with Crippen molar-refractivity contribution in [3.63, 3.8) is 0 Å². The van der Waals surface area contributed by atoms with Gasteiger partial charge >= 0.3 is 6.18 Å². The van der Waals surface area contributed by atoms with Crippen molar-refractivity contribution in [3.05, 3.63) is 42.5 Å². The number of pyridine rings is 1. The Hall–Kier alpha value is -2.68. The van der Waals surface area contributed by atoms with Crippen LogP contribution in [-0.2, 0) is 5.41 Å². The van der Waals surface area contributed by atoms with Crippen molar-refractivity contribution in [2.24, 2.45) is 5.92 Å². The molecule has 2 fully saturated rings. The molecule has 9 heteroatoms. The minimum atomic E-state index is -4.25. The smallest absolute Gasteiger partial charge is 0.365 e. The molecule has 0 radical (unpaired) electrons. The molecule has 0 unspecified atom stereocenters. The minimum absolute atomic E-state index is 0.0807. The summed E-state index contributed by atoms with van der Waals surface area (Å²) in [5.41, 5.74) is 3.28. The molecular formula is C20H21F3N6. The van der Waals surface area contributed by atoms with Gasteiger partial charge in [0.25, 0.3) is 0 Å². The number of nitrogens with zero attached hydrogens (tertiary/aromatic N) is 4. The van der Waals surface area contributed by atoms with Crippen LogP contribution >= 0.6 is 0 Å². The molecule has 0 spiro atoms. The molecule has 1 aliphatic heterocycles. The molecule has 1 saturated carbocycles. The first-order valence-corrected chi connectivity index (χ1v) is 9.68. The van der Waals surface area contributed by atoms with Gasteiger partial charge in [0, 0.05) is 24.7 Å². The molecule has 152 valence electrons. The molecule has 1 aliphatic carbocycles. The van der Waals surface area contributed by atoms with Gasteiger partial charge in [0.1, 0.15) is 5.82 Å². The number of rotatable bonds is 4. The Morgan fingerprint density at radius 2 is 2.00 bits per heavy atom. The average molecular weight is 402 g/mol. The summed E-state index contributed by atoms with van der Waals surface area (Å²) in [6, 6.07) is 4.57. The monoisotopic (exact) mass is 402 g/mol. The Labute approximate surface area is 165 Å². The highest BCUT2D eigenvalue weighted by Gasteiger charge is 2.47. The molecule has 4 heterocycles. The van der Waals surface area contributed by atoms with E-state index in [1.54, 1.807) is 24.5 Å². The van der Waals surface area contributed by atoms with Crippen molar-refractivity contribution in [3.8, 4) is 11.4 Å². The van der Waals surface area contributed by atoms with Crippen LogP contribution in [0.2, 0.25) is 0 Å². The Bertz CT molecular complexity index is 1060. The van der Waals surface area contributed by atoms with Crippen LogP contribution in [0.1, 0.15) is 25.5 Å². The molecule has 6 nitrogen and oxygen atoms in total. The summed E-state index contributed by atoms with van der Waals surface area (Å²) < 4.78 is 41.6. The van der Waals surface area contributed by atoms with Crippen LogP contribution < -0.4 is 10.6 Å². The number of nitrogens with one attached hydrogen (secondary N) is 2. The molecule has 29 heavy (non-hydrogen) atoms. The molecule has 0 aromatic carbocycles. The zero-order valence-electron chi connectivity index (χ0n) is 15.9. The number of fused-ring (bicyclic) bond motifs is 1. The lowest BCUT2D eigenvalue weighted by atomic mass is 10.0. The number of hydrogen-bond donors (Lipinski definition) is 2. The zero-order chi connectivity index (χ0) is 20.2. The molecule has 5 rings (SSSR count). The molecule has 0 bridgehead atoms. The first-order valence-electron chi connectivity index (χ1n) is 9.68. The van der Waals surface area contributed by atoms with Crippen molar-refractivity contribution in [1.29, 1.82) is 0 Å². The third-order valence-corrected chi connectivity index (χ3v) is 5.99. The highest BCUT2D eigenvalue weighted by atomic mass is 19.4. The standard InChI is InChI=1S/C20H21F3N6/c1-19(5-6-19)16-11-29-15(9-26-18(29)10-25-16)13-3-2-4-17(27-13)28-14-8-24-7-12(14)20(21,22)23/h2-4,9-12,14,24H,5-8H2,1H3,(H,27,28)/t12-,14-/m0/s1. The van der Waals surface area contributed by atoms with Gasteiger partial charge in [-0.1, -0.05) is 13.0 Å². The van der Waals surface area contributed by atoms with Crippen molar-refractivity contribution in [2.45, 2.75) is 37.4 Å². The van der Waals surface area contributed by atoms with E-state index >= 15 is 0 Å². The van der Waals surface area contributed by atoms with E-state index in [2.05, 4.69) is 32.5 Å². The quantitative estimate of drug-likeness (QED) is 0.700. The molecule has 0 amide bonds. The van der Waals surface area contributed by atoms with Gasteiger partial charge in [0.05, 0.1) is 41.4 Å². The second-order valence-corrected chi connectivity index (χ2v) is 8.17. The highest BCUT2D eigenvalue weighted by Crippen LogP contribution is 2.46. The van der Waals surface area contributed by atoms with Crippen LogP contribution in [-0.4, -0.2) is 44.7 Å². The van der Waals surface area contributed by atoms with Gasteiger partial charge in [-0.3, -0.25) is 9.38 Å². The van der Waals surface area contributed by atoms with E-state index < -0.39 is 18.1 Å². The van der Waals surface area contributed by atoms with Crippen molar-refractivity contribution in [1.82, 2.24) is 24.7 Å². The topological polar surface area (TPSA) is 67.1 Å². The van der Waals surface area contributed by atoms with Crippen molar-refractivity contribution in [2.75, 3.05) is 18.4 Å². The van der Waals surface area contributed by atoms with Gasteiger partial charge < -0.3 is 10.6 Å². The second kappa shape index (κ2) is 6.41. The number of alkyl halides is 3. The molecular weight excluding hydrogens is 381 g/mol. The van der Waals surface area contributed by atoms with E-state index in [4.69, 9.17) is 0 Å². The number of imidazole rings is 1. The molecule has 1 saturated heterocycles. The van der Waals surface area contributed by atoms with E-state index in [9.17, 15) is 13.2 Å². The molecule has 3 aromatic rings. The summed E-state index contributed by atoms with van der Waals surface area (Å²) >= 11 is 0. The molecule has 3 aromatic heterocycles. The molecule has 2 N–H and O–H groups in total. The summed E-state index contributed by atoms with van der Waals surface area (Å²) in [5, 5.41) is 5.77.